The van der Waals surface area contributed by atoms with Gasteiger partial charge >= 0.3 is 12.1 Å². The van der Waals surface area contributed by atoms with Gasteiger partial charge in [-0.2, -0.15) is 9.98 Å². The average Bonchev–Trinajstić information content (AvgIpc) is 3.76. The number of urea groups is 2. The van der Waals surface area contributed by atoms with Crippen LogP contribution in [0, 0.1) is 0 Å². The molecule has 254 valence electrons. The zero-order chi connectivity index (χ0) is 34.0. The van der Waals surface area contributed by atoms with Crippen LogP contribution in [0.5, 0.6) is 0 Å². The van der Waals surface area contributed by atoms with Crippen LogP contribution in [-0.2, 0) is 52.5 Å². The third-order valence-electron chi connectivity index (χ3n) is 6.32. The van der Waals surface area contributed by atoms with Crippen molar-refractivity contribution < 1.29 is 62.0 Å². The fourth-order valence-electron chi connectivity index (χ4n) is 3.89. The van der Waals surface area contributed by atoms with E-state index in [4.69, 9.17) is 23.7 Å². The summed E-state index contributed by atoms with van der Waals surface area (Å²) >= 11 is 0. The van der Waals surface area contributed by atoms with Gasteiger partial charge in [0.15, 0.2) is 0 Å². The van der Waals surface area contributed by atoms with Gasteiger partial charge in [-0.25, -0.2) is 9.59 Å². The molecule has 0 spiro atoms. The summed E-state index contributed by atoms with van der Waals surface area (Å²) in [6.45, 7) is 3.47. The predicted molar refractivity (Wildman–Crippen MR) is 157 cm³/mol. The van der Waals surface area contributed by atoms with E-state index in [9.17, 15) is 38.4 Å². The highest BCUT2D eigenvalue weighted by Gasteiger charge is 2.26. The Morgan fingerprint density at radius 3 is 0.872 bits per heavy atom. The van der Waals surface area contributed by atoms with Gasteiger partial charge in [-0.1, -0.05) is 0 Å². The highest BCUT2D eigenvalue weighted by Crippen LogP contribution is 2.04. The maximum Gasteiger partial charge on any atom is 0.350 e. The zero-order valence-corrected chi connectivity index (χ0v) is 25.4. The standard InChI is InChI=1S/C15H19N3O7.C13H15N3O6/c19-12-1-2-13(20)17(12)3-5-23-7-9-25-10-8-24-6-4-18-14(21)11-16-15(18)22;17-10-1-2-11(18)15(10)3-5-21-7-8-22-6-4-16-12(19)9-14-13(16)20/h1-2,11H,3-10H2;1-2,9H,3-8H2. The molecule has 0 aromatic rings. The molecule has 4 aliphatic rings. The molecule has 4 rings (SSSR count). The molecule has 0 atom stereocenters. The van der Waals surface area contributed by atoms with E-state index < -0.39 is 23.9 Å². The summed E-state index contributed by atoms with van der Waals surface area (Å²) in [6, 6.07) is -1.16. The van der Waals surface area contributed by atoms with Crippen molar-refractivity contribution in [3.63, 3.8) is 0 Å². The Morgan fingerprint density at radius 2 is 0.617 bits per heavy atom. The van der Waals surface area contributed by atoms with Crippen LogP contribution in [0.2, 0.25) is 0 Å². The van der Waals surface area contributed by atoms with Gasteiger partial charge in [-0.3, -0.25) is 48.4 Å². The Balaban J connectivity index is 0.000000257. The van der Waals surface area contributed by atoms with Crippen molar-refractivity contribution in [2.24, 2.45) is 9.98 Å². The van der Waals surface area contributed by atoms with E-state index in [1.54, 1.807) is 0 Å². The highest BCUT2D eigenvalue weighted by atomic mass is 16.5. The van der Waals surface area contributed by atoms with Crippen molar-refractivity contribution in [2.45, 2.75) is 0 Å². The predicted octanol–water partition coefficient (Wildman–Crippen LogP) is -2.03. The lowest BCUT2D eigenvalue weighted by molar-refractivity contribution is -0.139. The Kier molecular flexibility index (Phi) is 15.3. The summed E-state index contributed by atoms with van der Waals surface area (Å²) in [5.41, 5.74) is 0. The van der Waals surface area contributed by atoms with Crippen LogP contribution in [0.15, 0.2) is 34.3 Å². The number of imide groups is 4. The van der Waals surface area contributed by atoms with E-state index in [0.29, 0.717) is 26.4 Å². The molecule has 4 heterocycles. The first-order chi connectivity index (χ1) is 22.7. The number of aliphatic imine (C=N–C) groups is 2. The summed E-state index contributed by atoms with van der Waals surface area (Å²) in [5, 5.41) is 0. The van der Waals surface area contributed by atoms with Crippen LogP contribution in [0.25, 0.3) is 0 Å². The molecular weight excluding hydrogens is 628 g/mol. The minimum absolute atomic E-state index is 0.139. The Labute approximate surface area is 268 Å². The monoisotopic (exact) mass is 662 g/mol. The Hall–Kier alpha value is -4.82. The first-order valence-corrected chi connectivity index (χ1v) is 14.4. The molecule has 0 fully saturated rings. The number of rotatable bonds is 21. The maximum absolute atomic E-state index is 11.3. The molecular formula is C28H34N6O13. The van der Waals surface area contributed by atoms with Gasteiger partial charge in [-0.05, 0) is 0 Å². The number of carbonyl (C=O) groups is 8. The Morgan fingerprint density at radius 1 is 0.362 bits per heavy atom. The smallest absolute Gasteiger partial charge is 0.350 e. The molecule has 0 saturated carbocycles. The van der Waals surface area contributed by atoms with Crippen LogP contribution in [0.1, 0.15) is 0 Å². The van der Waals surface area contributed by atoms with Crippen LogP contribution in [0.4, 0.5) is 9.59 Å². The van der Waals surface area contributed by atoms with E-state index in [0.717, 1.165) is 32.0 Å². The topological polar surface area (TPSA) is 220 Å². The molecule has 0 aliphatic carbocycles. The number of ether oxygens (including phenoxy) is 5. The second-order valence-electron chi connectivity index (χ2n) is 9.45. The van der Waals surface area contributed by atoms with Crippen LogP contribution in [-0.4, -0.2) is 172 Å². The lowest BCUT2D eigenvalue weighted by Gasteiger charge is -2.14. The van der Waals surface area contributed by atoms with Crippen molar-refractivity contribution in [2.75, 3.05) is 92.2 Å². The van der Waals surface area contributed by atoms with E-state index >= 15 is 0 Å². The van der Waals surface area contributed by atoms with Crippen molar-refractivity contribution in [1.29, 1.82) is 0 Å². The van der Waals surface area contributed by atoms with Crippen LogP contribution < -0.4 is 0 Å². The molecule has 0 saturated heterocycles. The SMILES string of the molecule is O=C1C=CC(=O)N1CCOCCOCCN1C(=O)C=NC1=O.O=C1C=CC(=O)N1CCOCCOCCOCCN1C(=O)C=NC1=O. The second-order valence-corrected chi connectivity index (χ2v) is 9.45. The average molecular weight is 663 g/mol. The molecule has 19 heteroatoms. The fourth-order valence-corrected chi connectivity index (χ4v) is 3.89. The third kappa shape index (κ3) is 12.1. The van der Waals surface area contributed by atoms with Gasteiger partial charge in [0, 0.05) is 24.3 Å². The fraction of sp³-hybridized carbons (Fsp3) is 0.500. The zero-order valence-electron chi connectivity index (χ0n) is 25.4. The summed E-state index contributed by atoms with van der Waals surface area (Å²) in [4.78, 5) is 101. The van der Waals surface area contributed by atoms with Crippen LogP contribution in [0.3, 0.4) is 0 Å². The lowest BCUT2D eigenvalue weighted by atomic mass is 10.5. The van der Waals surface area contributed by atoms with Gasteiger partial charge in [0.1, 0.15) is 0 Å². The van der Waals surface area contributed by atoms with Crippen molar-refractivity contribution in [3.05, 3.63) is 24.3 Å². The van der Waals surface area contributed by atoms with Crippen molar-refractivity contribution in [3.8, 4) is 0 Å². The number of nitrogens with zero attached hydrogens (tertiary/aromatic N) is 6. The molecule has 0 radical (unpaired) electrons. The summed E-state index contributed by atoms with van der Waals surface area (Å²) < 4.78 is 26.3. The molecule has 0 aromatic heterocycles. The van der Waals surface area contributed by atoms with Gasteiger partial charge in [0.2, 0.25) is 0 Å². The number of hydrogen-bond donors (Lipinski definition) is 0. The highest BCUT2D eigenvalue weighted by molar-refractivity contribution is 6.36. The van der Waals surface area contributed by atoms with Gasteiger partial charge in [-0.15, -0.1) is 0 Å². The molecule has 47 heavy (non-hydrogen) atoms. The van der Waals surface area contributed by atoms with E-state index in [2.05, 4.69) is 9.98 Å². The third-order valence-corrected chi connectivity index (χ3v) is 6.32. The van der Waals surface area contributed by atoms with Crippen molar-refractivity contribution >= 4 is 59.9 Å². The largest absolute Gasteiger partial charge is 0.377 e. The minimum atomic E-state index is -0.585. The Bertz CT molecular complexity index is 1160. The molecule has 0 unspecified atom stereocenters. The first kappa shape index (κ1) is 36.6. The van der Waals surface area contributed by atoms with E-state index in [1.807, 2.05) is 0 Å². The number of carbonyl (C=O) groups excluding carboxylic acids is 8. The van der Waals surface area contributed by atoms with Crippen molar-refractivity contribution in [1.82, 2.24) is 19.6 Å². The van der Waals surface area contributed by atoms with Gasteiger partial charge in [0.05, 0.1) is 105 Å². The van der Waals surface area contributed by atoms with Gasteiger partial charge < -0.3 is 23.7 Å². The minimum Gasteiger partial charge on any atom is -0.377 e. The number of amides is 10. The second kappa shape index (κ2) is 19.6. The molecule has 10 amide bonds. The van der Waals surface area contributed by atoms with E-state index in [-0.39, 0.29) is 89.4 Å². The number of hydrogen-bond acceptors (Lipinski definition) is 13. The van der Waals surface area contributed by atoms with Gasteiger partial charge in [0.25, 0.3) is 35.4 Å². The lowest BCUT2D eigenvalue weighted by Crippen LogP contribution is -2.34. The van der Waals surface area contributed by atoms with E-state index in [1.165, 1.54) is 24.3 Å². The molecule has 0 N–H and O–H groups in total. The summed E-state index contributed by atoms with van der Waals surface area (Å²) in [7, 11) is 0. The summed E-state index contributed by atoms with van der Waals surface area (Å²) in [6.07, 6.45) is 6.85. The quantitative estimate of drug-likeness (QED) is 0.0957. The van der Waals surface area contributed by atoms with Crippen LogP contribution >= 0.6 is 0 Å². The normalized spacial score (nSPS) is 17.1. The molecule has 0 aromatic carbocycles. The molecule has 0 bridgehead atoms. The summed E-state index contributed by atoms with van der Waals surface area (Å²) in [5.74, 6) is -2.22. The first-order valence-electron chi connectivity index (χ1n) is 14.4. The molecule has 19 nitrogen and oxygen atoms in total. The molecule has 4 aliphatic heterocycles. The maximum atomic E-state index is 11.3.